The monoisotopic (exact) mass is 237 g/mol. The molecule has 0 saturated carbocycles. The van der Waals surface area contributed by atoms with Gasteiger partial charge in [-0.25, -0.2) is 9.13 Å². The Balaban J connectivity index is 2.93. The number of rotatable bonds is 2. The van der Waals surface area contributed by atoms with Gasteiger partial charge in [0.2, 0.25) is 6.33 Å². The topological polar surface area (TPSA) is 8.81 Å². The van der Waals surface area contributed by atoms with Gasteiger partial charge in [0.05, 0.1) is 0 Å². The van der Waals surface area contributed by atoms with Crippen LogP contribution in [0.4, 0.5) is 0 Å². The molecule has 1 aromatic heterocycles. The van der Waals surface area contributed by atoms with Gasteiger partial charge < -0.3 is 0 Å². The van der Waals surface area contributed by atoms with Gasteiger partial charge in [0.25, 0.3) is 0 Å². The molecule has 1 aromatic rings. The molecular weight excluding hydrogens is 208 g/mol. The molecule has 98 valence electrons. The van der Waals surface area contributed by atoms with E-state index in [1.54, 1.807) is 0 Å². The summed E-state index contributed by atoms with van der Waals surface area (Å²) in [6.07, 6.45) is 6.63. The third-order valence-corrected chi connectivity index (χ3v) is 4.08. The predicted octanol–water partition coefficient (Wildman–Crippen LogP) is 3.99. The number of aromatic nitrogens is 2. The molecule has 1 heterocycles. The summed E-state index contributed by atoms with van der Waals surface area (Å²) in [4.78, 5) is 0. The Morgan fingerprint density at radius 3 is 1.88 bits per heavy atom. The molecule has 17 heavy (non-hydrogen) atoms. The Kier molecular flexibility index (Phi) is 3.75. The van der Waals surface area contributed by atoms with Crippen molar-refractivity contribution in [2.45, 2.75) is 67.5 Å². The van der Waals surface area contributed by atoms with Gasteiger partial charge in [0.1, 0.15) is 24.5 Å². The van der Waals surface area contributed by atoms with Crippen LogP contribution in [0.25, 0.3) is 0 Å². The smallest absolute Gasteiger partial charge is 0.234 e. The van der Waals surface area contributed by atoms with Crippen LogP contribution >= 0.6 is 0 Å². The lowest BCUT2D eigenvalue weighted by atomic mass is 9.88. The zero-order valence-corrected chi connectivity index (χ0v) is 12.8. The van der Waals surface area contributed by atoms with Crippen LogP contribution in [0, 0.1) is 10.8 Å². The predicted molar refractivity (Wildman–Crippen MR) is 73.0 cm³/mol. The minimum atomic E-state index is 0.293. The molecule has 0 aliphatic rings. The standard InChI is InChI=1S/C15H29N2/c1-12(14(3,4)5)16-9-10-17(11-16)13(2)15(6,7)8/h9-13H,1-8H3/q+1/t12-,13-/m1/s1. The average Bonchev–Trinajstić information content (AvgIpc) is 2.60. The molecule has 2 nitrogen and oxygen atoms in total. The van der Waals surface area contributed by atoms with Crippen LogP contribution in [0.5, 0.6) is 0 Å². The van der Waals surface area contributed by atoms with Crippen LogP contribution in [-0.4, -0.2) is 4.57 Å². The molecule has 0 aromatic carbocycles. The van der Waals surface area contributed by atoms with E-state index in [4.69, 9.17) is 0 Å². The maximum Gasteiger partial charge on any atom is 0.244 e. The molecule has 0 aliphatic heterocycles. The minimum absolute atomic E-state index is 0.293. The van der Waals surface area contributed by atoms with Gasteiger partial charge in [-0.3, -0.25) is 0 Å². The van der Waals surface area contributed by atoms with Crippen molar-refractivity contribution in [1.82, 2.24) is 4.57 Å². The zero-order chi connectivity index (χ0) is 13.4. The second kappa shape index (κ2) is 4.47. The molecule has 0 spiro atoms. The van der Waals surface area contributed by atoms with Crippen molar-refractivity contribution >= 4 is 0 Å². The van der Waals surface area contributed by atoms with Crippen LogP contribution in [0.2, 0.25) is 0 Å². The normalized spacial score (nSPS) is 16.9. The minimum Gasteiger partial charge on any atom is -0.234 e. The molecule has 0 saturated heterocycles. The maximum absolute atomic E-state index is 2.32. The highest BCUT2D eigenvalue weighted by atomic mass is 15.2. The SMILES string of the molecule is C[C@@H](n1cc[n+]([C@H](C)C(C)(C)C)c1)C(C)(C)C. The second-order valence-corrected chi connectivity index (χ2v) is 7.39. The molecule has 0 fully saturated rings. The Hall–Kier alpha value is -0.790. The van der Waals surface area contributed by atoms with E-state index in [1.807, 2.05) is 0 Å². The van der Waals surface area contributed by atoms with Crippen molar-refractivity contribution in [2.24, 2.45) is 10.8 Å². The quantitative estimate of drug-likeness (QED) is 0.688. The average molecular weight is 237 g/mol. The molecule has 0 bridgehead atoms. The molecular formula is C15H29N2+. The van der Waals surface area contributed by atoms with Crippen molar-refractivity contribution in [3.05, 3.63) is 18.7 Å². The van der Waals surface area contributed by atoms with Crippen molar-refractivity contribution in [3.63, 3.8) is 0 Å². The number of nitrogens with zero attached hydrogens (tertiary/aromatic N) is 2. The maximum atomic E-state index is 2.32. The van der Waals surface area contributed by atoms with E-state index >= 15 is 0 Å². The summed E-state index contributed by atoms with van der Waals surface area (Å²) in [7, 11) is 0. The molecule has 1 rings (SSSR count). The van der Waals surface area contributed by atoms with Crippen molar-refractivity contribution in [2.75, 3.05) is 0 Å². The van der Waals surface area contributed by atoms with Gasteiger partial charge in [0.15, 0.2) is 0 Å². The van der Waals surface area contributed by atoms with Gasteiger partial charge in [0, 0.05) is 10.8 Å². The lowest BCUT2D eigenvalue weighted by Gasteiger charge is -2.25. The first-order chi connectivity index (χ1) is 7.53. The van der Waals surface area contributed by atoms with Gasteiger partial charge in [-0.05, 0) is 13.8 Å². The van der Waals surface area contributed by atoms with E-state index in [0.29, 0.717) is 22.9 Å². The van der Waals surface area contributed by atoms with Crippen LogP contribution in [0.1, 0.15) is 67.5 Å². The first-order valence-corrected chi connectivity index (χ1v) is 6.61. The van der Waals surface area contributed by atoms with Crippen LogP contribution in [-0.2, 0) is 0 Å². The van der Waals surface area contributed by atoms with Gasteiger partial charge in [-0.1, -0.05) is 41.5 Å². The summed E-state index contributed by atoms with van der Waals surface area (Å²) in [6.45, 7) is 18.3. The van der Waals surface area contributed by atoms with E-state index in [-0.39, 0.29) is 0 Å². The Labute approximate surface area is 107 Å². The molecule has 0 radical (unpaired) electrons. The van der Waals surface area contributed by atoms with Crippen LogP contribution in [0.15, 0.2) is 18.7 Å². The number of hydrogen-bond acceptors (Lipinski definition) is 0. The van der Waals surface area contributed by atoms with Crippen LogP contribution < -0.4 is 4.57 Å². The largest absolute Gasteiger partial charge is 0.244 e. The van der Waals surface area contributed by atoms with E-state index in [9.17, 15) is 0 Å². The fraction of sp³-hybridized carbons (Fsp3) is 0.800. The first-order valence-electron chi connectivity index (χ1n) is 6.61. The Morgan fingerprint density at radius 2 is 1.47 bits per heavy atom. The molecule has 2 atom stereocenters. The first kappa shape index (κ1) is 14.3. The highest BCUT2D eigenvalue weighted by Gasteiger charge is 2.29. The summed E-state index contributed by atoms with van der Waals surface area (Å²) in [5.74, 6) is 0. The molecule has 0 unspecified atom stereocenters. The summed E-state index contributed by atoms with van der Waals surface area (Å²) in [5, 5.41) is 0. The number of hydrogen-bond donors (Lipinski definition) is 0. The van der Waals surface area contributed by atoms with E-state index in [2.05, 4.69) is 83.2 Å². The molecule has 2 heteroatoms. The highest BCUT2D eigenvalue weighted by molar-refractivity contribution is 4.81. The Bertz CT molecular complexity index is 329. The summed E-state index contributed by atoms with van der Waals surface area (Å²) in [6, 6.07) is 1.02. The van der Waals surface area contributed by atoms with Gasteiger partial charge in [-0.2, -0.15) is 0 Å². The Morgan fingerprint density at radius 1 is 0.941 bits per heavy atom. The van der Waals surface area contributed by atoms with E-state index in [1.165, 1.54) is 0 Å². The number of imidazole rings is 1. The van der Waals surface area contributed by atoms with Crippen LogP contribution in [0.3, 0.4) is 0 Å². The van der Waals surface area contributed by atoms with Crippen molar-refractivity contribution in [1.29, 1.82) is 0 Å². The van der Waals surface area contributed by atoms with Crippen molar-refractivity contribution < 1.29 is 4.57 Å². The third kappa shape index (κ3) is 3.34. The summed E-state index contributed by atoms with van der Waals surface area (Å²) < 4.78 is 4.64. The lowest BCUT2D eigenvalue weighted by molar-refractivity contribution is -0.731. The molecule has 0 N–H and O–H groups in total. The molecule has 0 aliphatic carbocycles. The van der Waals surface area contributed by atoms with E-state index < -0.39 is 0 Å². The fourth-order valence-electron chi connectivity index (χ4n) is 1.74. The third-order valence-electron chi connectivity index (χ3n) is 4.08. The fourth-order valence-corrected chi connectivity index (χ4v) is 1.74. The van der Waals surface area contributed by atoms with Crippen molar-refractivity contribution in [3.8, 4) is 0 Å². The van der Waals surface area contributed by atoms with Gasteiger partial charge in [-0.15, -0.1) is 0 Å². The summed E-state index contributed by atoms with van der Waals surface area (Å²) >= 11 is 0. The second-order valence-electron chi connectivity index (χ2n) is 7.39. The lowest BCUT2D eigenvalue weighted by Crippen LogP contribution is -2.43. The highest BCUT2D eigenvalue weighted by Crippen LogP contribution is 2.30. The summed E-state index contributed by atoms with van der Waals surface area (Å²) in [5.41, 5.74) is 0.587. The molecule has 0 amide bonds. The zero-order valence-electron chi connectivity index (χ0n) is 12.8. The van der Waals surface area contributed by atoms with Gasteiger partial charge >= 0.3 is 0 Å². The van der Waals surface area contributed by atoms with E-state index in [0.717, 1.165) is 0 Å².